The Morgan fingerprint density at radius 1 is 1.08 bits per heavy atom. The number of hydrogen-bond donors (Lipinski definition) is 1. The summed E-state index contributed by atoms with van der Waals surface area (Å²) in [6.45, 7) is 1.90. The molecule has 0 spiro atoms. The van der Waals surface area contributed by atoms with E-state index < -0.39 is 17.9 Å². The maximum absolute atomic E-state index is 12.5. The summed E-state index contributed by atoms with van der Waals surface area (Å²) in [5.74, 6) is -2.06. The van der Waals surface area contributed by atoms with Gasteiger partial charge in [-0.2, -0.15) is 0 Å². The van der Waals surface area contributed by atoms with Crippen LogP contribution >= 0.6 is 0 Å². The van der Waals surface area contributed by atoms with Crippen molar-refractivity contribution in [3.05, 3.63) is 53.7 Å². The van der Waals surface area contributed by atoms with Crippen molar-refractivity contribution < 1.29 is 28.6 Å². The Bertz CT molecular complexity index is 827. The molecule has 2 rings (SSSR count). The van der Waals surface area contributed by atoms with E-state index in [4.69, 9.17) is 4.74 Å². The number of nitrogens with one attached hydrogen (secondary N) is 1. The summed E-state index contributed by atoms with van der Waals surface area (Å²) >= 11 is 0. The summed E-state index contributed by atoms with van der Waals surface area (Å²) < 4.78 is 14.3. The van der Waals surface area contributed by atoms with E-state index in [1.165, 1.54) is 14.2 Å². The second-order valence-electron chi connectivity index (χ2n) is 5.13. The van der Waals surface area contributed by atoms with Crippen molar-refractivity contribution in [2.24, 2.45) is 0 Å². The average Bonchev–Trinajstić information content (AvgIpc) is 2.81. The number of carbonyl (C=O) groups excluding carboxylic acids is 3. The topological polar surface area (TPSA) is 90.9 Å². The molecule has 0 aromatic heterocycles. The monoisotopic (exact) mass is 357 g/mol. The summed E-state index contributed by atoms with van der Waals surface area (Å²) in [5.41, 5.74) is 1.84. The van der Waals surface area contributed by atoms with Crippen molar-refractivity contribution in [3.8, 4) is 11.1 Å². The van der Waals surface area contributed by atoms with Crippen LogP contribution in [0, 0.1) is 0 Å². The Balaban J connectivity index is 2.56. The van der Waals surface area contributed by atoms with Crippen LogP contribution in [-0.4, -0.2) is 38.7 Å². The van der Waals surface area contributed by atoms with E-state index in [1.807, 2.05) is 18.2 Å². The quantitative estimate of drug-likeness (QED) is 0.483. The lowest BCUT2D eigenvalue weighted by Crippen LogP contribution is -2.17. The Hall–Kier alpha value is -3.35. The number of esters is 3. The fourth-order valence-electron chi connectivity index (χ4n) is 2.39. The van der Waals surface area contributed by atoms with Gasteiger partial charge >= 0.3 is 17.9 Å². The third-order valence-corrected chi connectivity index (χ3v) is 3.53. The van der Waals surface area contributed by atoms with Crippen LogP contribution in [0.15, 0.2) is 48.2 Å². The minimum absolute atomic E-state index is 0.162. The standard InChI is InChI=1S/C19H19NO6/c1-4-26-19(23)17-13-9-7-5-6-8-12(13)10-14(17)20-15(18(22)25-3)11-16(21)24-2/h5-11,20H,4H2,1-3H3/b15-11+. The molecule has 0 heterocycles. The number of ether oxygens (including phenoxy) is 3. The van der Waals surface area contributed by atoms with Crippen molar-refractivity contribution in [1.29, 1.82) is 0 Å². The van der Waals surface area contributed by atoms with Gasteiger partial charge in [0.1, 0.15) is 5.70 Å². The van der Waals surface area contributed by atoms with Gasteiger partial charge in [0.2, 0.25) is 0 Å². The van der Waals surface area contributed by atoms with Gasteiger partial charge in [0.15, 0.2) is 0 Å². The number of carbonyl (C=O) groups is 3. The molecule has 0 radical (unpaired) electrons. The van der Waals surface area contributed by atoms with Crippen LogP contribution in [0.3, 0.4) is 0 Å². The van der Waals surface area contributed by atoms with Gasteiger partial charge in [0, 0.05) is 0 Å². The number of methoxy groups -OCH3 is 2. The molecule has 7 nitrogen and oxygen atoms in total. The molecule has 0 aromatic carbocycles. The molecule has 0 bridgehead atoms. The normalized spacial score (nSPS) is 11.0. The Morgan fingerprint density at radius 2 is 1.81 bits per heavy atom. The van der Waals surface area contributed by atoms with Gasteiger partial charge in [-0.25, -0.2) is 14.4 Å². The van der Waals surface area contributed by atoms with E-state index in [0.717, 1.165) is 11.6 Å². The van der Waals surface area contributed by atoms with Gasteiger partial charge in [-0.1, -0.05) is 30.3 Å². The first-order valence-electron chi connectivity index (χ1n) is 7.85. The Kier molecular flexibility index (Phi) is 6.32. The lowest BCUT2D eigenvalue weighted by molar-refractivity contribution is -0.138. The fraction of sp³-hybridized carbons (Fsp3) is 0.211. The largest absolute Gasteiger partial charge is 0.466 e. The highest BCUT2D eigenvalue weighted by Crippen LogP contribution is 2.36. The minimum Gasteiger partial charge on any atom is -0.466 e. The van der Waals surface area contributed by atoms with Crippen LogP contribution in [0.2, 0.25) is 0 Å². The smallest absolute Gasteiger partial charge is 0.354 e. The number of fused-ring (bicyclic) bond motifs is 1. The molecule has 0 atom stereocenters. The molecule has 26 heavy (non-hydrogen) atoms. The first kappa shape index (κ1) is 19.0. The SMILES string of the molecule is CCOC(=O)c1c(N/C(=C/C(=O)OC)C(=O)OC)cc2cccccc1-2. The first-order valence-corrected chi connectivity index (χ1v) is 7.85. The number of rotatable bonds is 6. The van der Waals surface area contributed by atoms with E-state index >= 15 is 0 Å². The molecule has 1 N–H and O–H groups in total. The lowest BCUT2D eigenvalue weighted by Gasteiger charge is -2.10. The molecular formula is C19H19NO6. The van der Waals surface area contributed by atoms with Crippen LogP contribution in [-0.2, 0) is 23.8 Å². The highest BCUT2D eigenvalue weighted by atomic mass is 16.5. The predicted octanol–water partition coefficient (Wildman–Crippen LogP) is 2.61. The zero-order valence-electron chi connectivity index (χ0n) is 14.7. The molecule has 0 aromatic rings. The maximum Gasteiger partial charge on any atom is 0.354 e. The summed E-state index contributed by atoms with van der Waals surface area (Å²) in [4.78, 5) is 35.9. The molecule has 136 valence electrons. The van der Waals surface area contributed by atoms with Crippen molar-refractivity contribution in [2.75, 3.05) is 26.1 Å². The summed E-state index contributed by atoms with van der Waals surface area (Å²) in [6, 6.07) is 10.7. The second kappa shape index (κ2) is 8.66. The molecule has 0 aliphatic heterocycles. The summed E-state index contributed by atoms with van der Waals surface area (Å²) in [6.07, 6.45) is 0.957. The van der Waals surface area contributed by atoms with Gasteiger partial charge < -0.3 is 19.5 Å². The Labute approximate surface area is 150 Å². The molecule has 2 aliphatic carbocycles. The third kappa shape index (κ3) is 4.18. The lowest BCUT2D eigenvalue weighted by atomic mass is 10.1. The zero-order chi connectivity index (χ0) is 19.1. The minimum atomic E-state index is -0.777. The van der Waals surface area contributed by atoms with Gasteiger partial charge in [-0.15, -0.1) is 0 Å². The van der Waals surface area contributed by atoms with Gasteiger partial charge in [0.05, 0.1) is 38.2 Å². The molecule has 0 saturated heterocycles. The predicted molar refractivity (Wildman–Crippen MR) is 94.8 cm³/mol. The van der Waals surface area contributed by atoms with E-state index in [2.05, 4.69) is 14.8 Å². The zero-order valence-corrected chi connectivity index (χ0v) is 14.7. The third-order valence-electron chi connectivity index (χ3n) is 3.53. The van der Waals surface area contributed by atoms with Crippen LogP contribution < -0.4 is 5.32 Å². The average molecular weight is 357 g/mol. The molecule has 0 saturated carbocycles. The highest BCUT2D eigenvalue weighted by Gasteiger charge is 2.24. The number of anilines is 1. The fourth-order valence-corrected chi connectivity index (χ4v) is 2.39. The molecule has 7 heteroatoms. The molecule has 0 fully saturated rings. The molecule has 2 aliphatic rings. The van der Waals surface area contributed by atoms with Crippen LogP contribution in [0.5, 0.6) is 0 Å². The summed E-state index contributed by atoms with van der Waals surface area (Å²) in [5, 5.41) is 2.79. The Morgan fingerprint density at radius 3 is 2.46 bits per heavy atom. The van der Waals surface area contributed by atoms with Gasteiger partial charge in [-0.3, -0.25) is 0 Å². The van der Waals surface area contributed by atoms with Crippen LogP contribution in [0.25, 0.3) is 11.1 Å². The highest BCUT2D eigenvalue weighted by molar-refractivity contribution is 6.08. The van der Waals surface area contributed by atoms with Crippen molar-refractivity contribution in [3.63, 3.8) is 0 Å². The van der Waals surface area contributed by atoms with E-state index in [1.54, 1.807) is 25.1 Å². The van der Waals surface area contributed by atoms with Gasteiger partial charge in [0.25, 0.3) is 0 Å². The van der Waals surface area contributed by atoms with Gasteiger partial charge in [-0.05, 0) is 24.1 Å². The number of hydrogen-bond acceptors (Lipinski definition) is 7. The van der Waals surface area contributed by atoms with Crippen LogP contribution in [0.4, 0.5) is 5.69 Å². The van der Waals surface area contributed by atoms with E-state index in [0.29, 0.717) is 11.3 Å². The first-order chi connectivity index (χ1) is 12.5. The maximum atomic E-state index is 12.5. The molecular weight excluding hydrogens is 338 g/mol. The molecule has 0 amide bonds. The van der Waals surface area contributed by atoms with Crippen molar-refractivity contribution >= 4 is 23.6 Å². The van der Waals surface area contributed by atoms with Crippen LogP contribution in [0.1, 0.15) is 17.3 Å². The van der Waals surface area contributed by atoms with Crippen molar-refractivity contribution in [1.82, 2.24) is 0 Å². The van der Waals surface area contributed by atoms with E-state index in [-0.39, 0.29) is 17.9 Å². The van der Waals surface area contributed by atoms with E-state index in [9.17, 15) is 14.4 Å². The van der Waals surface area contributed by atoms with Crippen molar-refractivity contribution in [2.45, 2.75) is 6.92 Å². The second-order valence-corrected chi connectivity index (χ2v) is 5.13. The molecule has 0 unspecified atom stereocenters. The summed E-state index contributed by atoms with van der Waals surface area (Å²) in [7, 11) is 2.37.